The molecule has 0 saturated carbocycles. The summed E-state index contributed by atoms with van der Waals surface area (Å²) >= 11 is 0. The molecular formula is C18H20FN3O2. The molecule has 6 heteroatoms. The summed E-state index contributed by atoms with van der Waals surface area (Å²) in [4.78, 5) is 31.3. The van der Waals surface area contributed by atoms with E-state index >= 15 is 0 Å². The predicted octanol–water partition coefficient (Wildman–Crippen LogP) is 2.07. The number of rotatable bonds is 3. The lowest BCUT2D eigenvalue weighted by Gasteiger charge is -2.22. The van der Waals surface area contributed by atoms with Crippen LogP contribution >= 0.6 is 0 Å². The third kappa shape index (κ3) is 3.82. The van der Waals surface area contributed by atoms with Crippen LogP contribution in [-0.4, -0.2) is 52.8 Å². The highest BCUT2D eigenvalue weighted by Gasteiger charge is 2.22. The fraction of sp³-hybridized carbons (Fsp3) is 0.333. The van der Waals surface area contributed by atoms with Gasteiger partial charge in [0.05, 0.1) is 6.42 Å². The lowest BCUT2D eigenvalue weighted by molar-refractivity contribution is -0.130. The third-order valence-corrected chi connectivity index (χ3v) is 4.24. The fourth-order valence-electron chi connectivity index (χ4n) is 2.90. The van der Waals surface area contributed by atoms with Gasteiger partial charge in [0.25, 0.3) is 5.91 Å². The van der Waals surface area contributed by atoms with Gasteiger partial charge in [-0.2, -0.15) is 0 Å². The Morgan fingerprint density at radius 3 is 2.42 bits per heavy atom. The van der Waals surface area contributed by atoms with Gasteiger partial charge in [-0.05, 0) is 42.3 Å². The number of carbonyl (C=O) groups is 2. The van der Waals surface area contributed by atoms with Crippen molar-refractivity contribution in [3.8, 4) is 0 Å². The van der Waals surface area contributed by atoms with Crippen LogP contribution in [0.4, 0.5) is 4.39 Å². The van der Waals surface area contributed by atoms with Crippen LogP contribution in [0.5, 0.6) is 0 Å². The average Bonchev–Trinajstić information content (AvgIpc) is 2.96. The number of nitrogens with one attached hydrogen (secondary N) is 1. The van der Waals surface area contributed by atoms with Crippen LogP contribution in [0.15, 0.2) is 42.7 Å². The maximum absolute atomic E-state index is 13.0. The van der Waals surface area contributed by atoms with Gasteiger partial charge in [0, 0.05) is 44.1 Å². The second kappa shape index (κ2) is 7.29. The lowest BCUT2D eigenvalue weighted by atomic mass is 10.2. The quantitative estimate of drug-likeness (QED) is 0.937. The average molecular weight is 329 g/mol. The zero-order valence-electron chi connectivity index (χ0n) is 13.4. The lowest BCUT2D eigenvalue weighted by Crippen LogP contribution is -2.37. The van der Waals surface area contributed by atoms with Crippen molar-refractivity contribution in [1.82, 2.24) is 14.8 Å². The monoisotopic (exact) mass is 329 g/mol. The molecular weight excluding hydrogens is 309 g/mol. The fourth-order valence-corrected chi connectivity index (χ4v) is 2.90. The Morgan fingerprint density at radius 2 is 1.71 bits per heavy atom. The van der Waals surface area contributed by atoms with Gasteiger partial charge in [-0.1, -0.05) is 0 Å². The van der Waals surface area contributed by atoms with E-state index in [9.17, 15) is 14.0 Å². The van der Waals surface area contributed by atoms with E-state index in [2.05, 4.69) is 4.98 Å². The second-order valence-electron chi connectivity index (χ2n) is 5.93. The molecule has 1 aliphatic heterocycles. The number of benzene rings is 1. The molecule has 126 valence electrons. The smallest absolute Gasteiger partial charge is 0.253 e. The SMILES string of the molecule is O=C(Cc1cc[nH]c1)N1CCCN(C(=O)c2ccc(F)cc2)CC1. The van der Waals surface area contributed by atoms with Crippen molar-refractivity contribution in [3.63, 3.8) is 0 Å². The van der Waals surface area contributed by atoms with E-state index in [0.29, 0.717) is 38.2 Å². The van der Waals surface area contributed by atoms with E-state index in [0.717, 1.165) is 12.0 Å². The molecule has 3 rings (SSSR count). The van der Waals surface area contributed by atoms with Crippen molar-refractivity contribution in [2.24, 2.45) is 0 Å². The molecule has 2 heterocycles. The van der Waals surface area contributed by atoms with Gasteiger partial charge in [0.1, 0.15) is 5.82 Å². The number of aromatic amines is 1. The van der Waals surface area contributed by atoms with Crippen molar-refractivity contribution in [2.75, 3.05) is 26.2 Å². The molecule has 0 unspecified atom stereocenters. The first-order valence-corrected chi connectivity index (χ1v) is 8.08. The largest absolute Gasteiger partial charge is 0.367 e. The minimum Gasteiger partial charge on any atom is -0.367 e. The van der Waals surface area contributed by atoms with E-state index in [4.69, 9.17) is 0 Å². The van der Waals surface area contributed by atoms with Gasteiger partial charge >= 0.3 is 0 Å². The highest BCUT2D eigenvalue weighted by molar-refractivity contribution is 5.94. The van der Waals surface area contributed by atoms with Crippen molar-refractivity contribution < 1.29 is 14.0 Å². The number of aromatic nitrogens is 1. The third-order valence-electron chi connectivity index (χ3n) is 4.24. The molecule has 5 nitrogen and oxygen atoms in total. The Kier molecular flexibility index (Phi) is 4.93. The number of nitrogens with zero attached hydrogens (tertiary/aromatic N) is 2. The molecule has 1 aromatic heterocycles. The normalized spacial score (nSPS) is 15.2. The van der Waals surface area contributed by atoms with Crippen molar-refractivity contribution in [2.45, 2.75) is 12.8 Å². The van der Waals surface area contributed by atoms with Crippen molar-refractivity contribution in [3.05, 3.63) is 59.7 Å². The van der Waals surface area contributed by atoms with Gasteiger partial charge in [-0.25, -0.2) is 4.39 Å². The summed E-state index contributed by atoms with van der Waals surface area (Å²) in [5, 5.41) is 0. The number of halogens is 1. The molecule has 1 N–H and O–H groups in total. The summed E-state index contributed by atoms with van der Waals surface area (Å²) < 4.78 is 13.0. The van der Waals surface area contributed by atoms with Crippen LogP contribution in [-0.2, 0) is 11.2 Å². The van der Waals surface area contributed by atoms with E-state index in [1.54, 1.807) is 11.1 Å². The highest BCUT2D eigenvalue weighted by Crippen LogP contribution is 2.11. The zero-order chi connectivity index (χ0) is 16.9. The molecule has 1 aliphatic rings. The minimum absolute atomic E-state index is 0.0747. The zero-order valence-corrected chi connectivity index (χ0v) is 13.4. The first-order valence-electron chi connectivity index (χ1n) is 8.08. The van der Waals surface area contributed by atoms with Crippen LogP contribution in [0.1, 0.15) is 22.3 Å². The molecule has 0 spiro atoms. The number of carbonyl (C=O) groups excluding carboxylic acids is 2. The molecule has 2 aromatic rings. The van der Waals surface area contributed by atoms with Crippen LogP contribution in [0.25, 0.3) is 0 Å². The Balaban J connectivity index is 1.59. The maximum atomic E-state index is 13.0. The molecule has 1 fully saturated rings. The number of hydrogen-bond donors (Lipinski definition) is 1. The van der Waals surface area contributed by atoms with Crippen molar-refractivity contribution >= 4 is 11.8 Å². The Hall–Kier alpha value is -2.63. The maximum Gasteiger partial charge on any atom is 0.253 e. The first kappa shape index (κ1) is 16.2. The number of H-pyrrole nitrogens is 1. The van der Waals surface area contributed by atoms with Crippen LogP contribution in [0.2, 0.25) is 0 Å². The summed E-state index contributed by atoms with van der Waals surface area (Å²) in [5.74, 6) is -0.399. The van der Waals surface area contributed by atoms with Crippen LogP contribution in [0.3, 0.4) is 0 Å². The summed E-state index contributed by atoms with van der Waals surface area (Å²) in [5.41, 5.74) is 1.44. The minimum atomic E-state index is -0.357. The molecule has 2 amide bonds. The van der Waals surface area contributed by atoms with Gasteiger partial charge in [-0.3, -0.25) is 9.59 Å². The summed E-state index contributed by atoms with van der Waals surface area (Å²) in [6.45, 7) is 2.27. The predicted molar refractivity (Wildman–Crippen MR) is 88.0 cm³/mol. The second-order valence-corrected chi connectivity index (χ2v) is 5.93. The Labute approximate surface area is 140 Å². The molecule has 24 heavy (non-hydrogen) atoms. The molecule has 1 saturated heterocycles. The summed E-state index contributed by atoms with van der Waals surface area (Å²) in [6, 6.07) is 7.46. The van der Waals surface area contributed by atoms with Crippen LogP contribution in [0, 0.1) is 5.82 Å². The Bertz CT molecular complexity index is 698. The first-order chi connectivity index (χ1) is 11.6. The van der Waals surface area contributed by atoms with E-state index in [-0.39, 0.29) is 17.6 Å². The standard InChI is InChI=1S/C18H20FN3O2/c19-16-4-2-15(3-5-16)18(24)22-9-1-8-21(10-11-22)17(23)12-14-6-7-20-13-14/h2-7,13,20H,1,8-12H2. The van der Waals surface area contributed by atoms with Crippen LogP contribution < -0.4 is 0 Å². The van der Waals surface area contributed by atoms with E-state index in [1.165, 1.54) is 24.3 Å². The summed E-state index contributed by atoms with van der Waals surface area (Å²) in [6.07, 6.45) is 4.73. The van der Waals surface area contributed by atoms with Gasteiger partial charge in [0.2, 0.25) is 5.91 Å². The number of hydrogen-bond acceptors (Lipinski definition) is 2. The van der Waals surface area contributed by atoms with E-state index < -0.39 is 0 Å². The van der Waals surface area contributed by atoms with E-state index in [1.807, 2.05) is 17.2 Å². The van der Waals surface area contributed by atoms with Gasteiger partial charge in [0.15, 0.2) is 0 Å². The highest BCUT2D eigenvalue weighted by atomic mass is 19.1. The summed E-state index contributed by atoms with van der Waals surface area (Å²) in [7, 11) is 0. The molecule has 0 radical (unpaired) electrons. The molecule has 0 bridgehead atoms. The Morgan fingerprint density at radius 1 is 1.00 bits per heavy atom. The van der Waals surface area contributed by atoms with Gasteiger partial charge < -0.3 is 14.8 Å². The topological polar surface area (TPSA) is 56.4 Å². The van der Waals surface area contributed by atoms with Crippen molar-refractivity contribution in [1.29, 1.82) is 0 Å². The van der Waals surface area contributed by atoms with Gasteiger partial charge in [-0.15, -0.1) is 0 Å². The number of amides is 2. The molecule has 0 atom stereocenters. The molecule has 1 aromatic carbocycles. The molecule has 0 aliphatic carbocycles.